The molecule has 3 aromatic rings. The van der Waals surface area contributed by atoms with Gasteiger partial charge in [0.2, 0.25) is 15.9 Å². The zero-order chi connectivity index (χ0) is 29.5. The van der Waals surface area contributed by atoms with Crippen molar-refractivity contribution in [2.24, 2.45) is 0 Å². The number of halogens is 4. The Morgan fingerprint density at radius 2 is 1.73 bits per heavy atom. The van der Waals surface area contributed by atoms with E-state index in [9.17, 15) is 35.9 Å². The third-order valence-corrected chi connectivity index (χ3v) is 9.85. The molecule has 1 aromatic heterocycles. The van der Waals surface area contributed by atoms with Crippen LogP contribution in [0.25, 0.3) is 0 Å². The van der Waals surface area contributed by atoms with Crippen LogP contribution in [-0.2, 0) is 21.4 Å². The third kappa shape index (κ3) is 5.42. The van der Waals surface area contributed by atoms with Gasteiger partial charge in [-0.3, -0.25) is 9.78 Å². The second-order valence-corrected chi connectivity index (χ2v) is 12.3. The van der Waals surface area contributed by atoms with Crippen LogP contribution in [0.4, 0.5) is 23.2 Å². The number of carbonyl (C=O) groups excluding carboxylic acids is 1. The lowest BCUT2D eigenvalue weighted by Gasteiger charge is -2.41. The Balaban J connectivity index is 1.45. The number of benzene rings is 2. The number of aromatic hydroxyl groups is 1. The predicted octanol–water partition coefficient (Wildman–Crippen LogP) is 5.70. The van der Waals surface area contributed by atoms with E-state index in [1.54, 1.807) is 18.3 Å². The number of nitrogens with zero attached hydrogens (tertiary/aromatic N) is 3. The van der Waals surface area contributed by atoms with Crippen LogP contribution in [0.5, 0.6) is 5.75 Å². The Labute approximate surface area is 235 Å². The van der Waals surface area contributed by atoms with E-state index in [1.807, 2.05) is 6.07 Å². The summed E-state index contributed by atoms with van der Waals surface area (Å²) in [5.41, 5.74) is 0.863. The highest BCUT2D eigenvalue weighted by molar-refractivity contribution is 7.89. The molecule has 2 aliphatic rings. The molecule has 41 heavy (non-hydrogen) atoms. The van der Waals surface area contributed by atoms with Crippen molar-refractivity contribution in [3.63, 3.8) is 0 Å². The number of sulfonamides is 1. The maximum Gasteiger partial charge on any atom is 0.249 e. The highest BCUT2D eigenvalue weighted by Crippen LogP contribution is 2.36. The Morgan fingerprint density at radius 3 is 2.34 bits per heavy atom. The summed E-state index contributed by atoms with van der Waals surface area (Å²) in [6, 6.07) is 8.15. The molecule has 2 fully saturated rings. The van der Waals surface area contributed by atoms with Crippen molar-refractivity contribution >= 4 is 21.6 Å². The number of pyridine rings is 1. The second kappa shape index (κ2) is 11.4. The fraction of sp³-hybridized carbons (Fsp3) is 0.379. The number of aromatic nitrogens is 1. The van der Waals surface area contributed by atoms with Gasteiger partial charge < -0.3 is 10.0 Å². The molecule has 1 N–H and O–H groups in total. The smallest absolute Gasteiger partial charge is 0.249 e. The SMILES string of the molecule is Cc1c(F)c(F)c(F)c(S(=O)(=O)N2CC[C@@H]2C(=O)N(Cc2ccc(C3CCCCC3)cn2)c2cccc(O)c2)c1F. The molecule has 1 amide bonds. The van der Waals surface area contributed by atoms with Gasteiger partial charge in [0.1, 0.15) is 11.8 Å². The first kappa shape index (κ1) is 29.0. The zero-order valence-electron chi connectivity index (χ0n) is 22.3. The first-order valence-corrected chi connectivity index (χ1v) is 14.8. The average Bonchev–Trinajstić information content (AvgIpc) is 2.93. The fourth-order valence-corrected chi connectivity index (χ4v) is 7.28. The predicted molar refractivity (Wildman–Crippen MR) is 143 cm³/mol. The Morgan fingerprint density at radius 1 is 1.00 bits per heavy atom. The molecule has 2 aromatic carbocycles. The van der Waals surface area contributed by atoms with Crippen molar-refractivity contribution in [2.75, 3.05) is 11.4 Å². The standard InChI is InChI=1S/C29H29F4N3O4S/c1-17-24(30)26(32)27(33)28(25(17)31)41(39,40)36-13-12-23(36)29(38)35(21-8-5-9-22(37)14-21)16-20-11-10-19(15-34-20)18-6-3-2-4-7-18/h5,8-11,14-15,18,23,37H,2-4,6-7,12-13,16H2,1H3/t23-/m1/s1. The minimum absolute atomic E-state index is 0.0212. The molecule has 12 heteroatoms. The first-order valence-electron chi connectivity index (χ1n) is 13.4. The van der Waals surface area contributed by atoms with Crippen molar-refractivity contribution < 1.29 is 35.9 Å². The van der Waals surface area contributed by atoms with Gasteiger partial charge in [0.25, 0.3) is 0 Å². The van der Waals surface area contributed by atoms with Gasteiger partial charge in [0.05, 0.1) is 12.2 Å². The number of phenolic OH excluding ortho intramolecular Hbond substituents is 1. The van der Waals surface area contributed by atoms with Crippen LogP contribution in [-0.4, -0.2) is 41.3 Å². The van der Waals surface area contributed by atoms with Crippen LogP contribution in [0.2, 0.25) is 0 Å². The van der Waals surface area contributed by atoms with E-state index in [1.165, 1.54) is 29.5 Å². The summed E-state index contributed by atoms with van der Waals surface area (Å²) in [6.07, 6.45) is 7.49. The lowest BCUT2D eigenvalue weighted by Crippen LogP contribution is -2.59. The van der Waals surface area contributed by atoms with Gasteiger partial charge in [-0.15, -0.1) is 0 Å². The molecule has 7 nitrogen and oxygen atoms in total. The number of amides is 1. The van der Waals surface area contributed by atoms with E-state index in [4.69, 9.17) is 0 Å². The summed E-state index contributed by atoms with van der Waals surface area (Å²) in [5.74, 6) is -8.34. The Hall–Kier alpha value is -3.51. The lowest BCUT2D eigenvalue weighted by molar-refractivity contribution is -0.125. The van der Waals surface area contributed by atoms with Gasteiger partial charge in [-0.1, -0.05) is 31.4 Å². The quantitative estimate of drug-likeness (QED) is 0.216. The molecule has 0 bridgehead atoms. The summed E-state index contributed by atoms with van der Waals surface area (Å²) in [6.45, 7) is 0.448. The molecule has 1 saturated heterocycles. The number of rotatable bonds is 7. The Kier molecular flexibility index (Phi) is 8.06. The first-order chi connectivity index (χ1) is 19.5. The molecule has 2 heterocycles. The minimum Gasteiger partial charge on any atom is -0.508 e. The number of hydrogen-bond acceptors (Lipinski definition) is 5. The highest BCUT2D eigenvalue weighted by atomic mass is 32.2. The van der Waals surface area contributed by atoms with E-state index in [-0.39, 0.29) is 30.9 Å². The van der Waals surface area contributed by atoms with E-state index >= 15 is 0 Å². The molecular weight excluding hydrogens is 562 g/mol. The summed E-state index contributed by atoms with van der Waals surface area (Å²) in [5, 5.41) is 10.1. The molecule has 1 aliphatic heterocycles. The Bertz CT molecular complexity index is 1550. The van der Waals surface area contributed by atoms with Gasteiger partial charge in [0.15, 0.2) is 28.2 Å². The molecular formula is C29H29F4N3O4S. The van der Waals surface area contributed by atoms with E-state index < -0.39 is 55.7 Å². The van der Waals surface area contributed by atoms with Crippen molar-refractivity contribution in [3.8, 4) is 5.75 Å². The van der Waals surface area contributed by atoms with Gasteiger partial charge in [-0.05, 0) is 55.9 Å². The van der Waals surface area contributed by atoms with Crippen LogP contribution in [0.3, 0.4) is 0 Å². The molecule has 0 radical (unpaired) electrons. The summed E-state index contributed by atoms with van der Waals surface area (Å²) >= 11 is 0. The highest BCUT2D eigenvalue weighted by Gasteiger charge is 2.47. The summed E-state index contributed by atoms with van der Waals surface area (Å²) in [7, 11) is -5.07. The van der Waals surface area contributed by atoms with E-state index in [0.29, 0.717) is 15.9 Å². The number of phenols is 1. The van der Waals surface area contributed by atoms with E-state index in [2.05, 4.69) is 4.98 Å². The molecule has 0 unspecified atom stereocenters. The molecule has 5 rings (SSSR count). The monoisotopic (exact) mass is 591 g/mol. The van der Waals surface area contributed by atoms with Crippen LogP contribution >= 0.6 is 0 Å². The summed E-state index contributed by atoms with van der Waals surface area (Å²) < 4.78 is 84.4. The van der Waals surface area contributed by atoms with Crippen molar-refractivity contribution in [1.29, 1.82) is 0 Å². The van der Waals surface area contributed by atoms with Crippen LogP contribution < -0.4 is 4.90 Å². The van der Waals surface area contributed by atoms with Gasteiger partial charge in [-0.25, -0.2) is 26.0 Å². The lowest BCUT2D eigenvalue weighted by atomic mass is 9.85. The van der Waals surface area contributed by atoms with Crippen LogP contribution in [0.1, 0.15) is 61.3 Å². The van der Waals surface area contributed by atoms with Crippen LogP contribution in [0.15, 0.2) is 47.5 Å². The maximum atomic E-state index is 14.8. The fourth-order valence-electron chi connectivity index (χ4n) is 5.47. The number of hydrogen-bond donors (Lipinski definition) is 1. The van der Waals surface area contributed by atoms with Gasteiger partial charge in [-0.2, -0.15) is 4.31 Å². The van der Waals surface area contributed by atoms with Crippen molar-refractivity contribution in [2.45, 2.75) is 68.8 Å². The summed E-state index contributed by atoms with van der Waals surface area (Å²) in [4.78, 5) is 17.9. The van der Waals surface area contributed by atoms with Crippen molar-refractivity contribution in [1.82, 2.24) is 9.29 Å². The third-order valence-electron chi connectivity index (χ3n) is 7.92. The second-order valence-electron chi connectivity index (χ2n) is 10.5. The minimum atomic E-state index is -5.07. The molecule has 1 atom stereocenters. The van der Waals surface area contributed by atoms with Gasteiger partial charge in [0, 0.05) is 30.1 Å². The van der Waals surface area contributed by atoms with Crippen LogP contribution in [0, 0.1) is 30.2 Å². The molecule has 218 valence electrons. The zero-order valence-corrected chi connectivity index (χ0v) is 23.1. The molecule has 1 saturated carbocycles. The molecule has 0 spiro atoms. The average molecular weight is 592 g/mol. The maximum absolute atomic E-state index is 14.8. The number of carbonyl (C=O) groups is 1. The van der Waals surface area contributed by atoms with Crippen molar-refractivity contribution in [3.05, 3.63) is 82.7 Å². The van der Waals surface area contributed by atoms with Gasteiger partial charge >= 0.3 is 0 Å². The number of anilines is 1. The topological polar surface area (TPSA) is 90.8 Å². The largest absolute Gasteiger partial charge is 0.508 e. The molecule has 1 aliphatic carbocycles. The van der Waals surface area contributed by atoms with E-state index in [0.717, 1.165) is 38.2 Å². The normalized spacial score (nSPS) is 18.2.